The van der Waals surface area contributed by atoms with Crippen molar-refractivity contribution in [3.05, 3.63) is 46.7 Å². The number of hydrogen-bond acceptors (Lipinski definition) is 9. The number of nitro benzene ring substituents is 1. The van der Waals surface area contributed by atoms with E-state index in [0.29, 0.717) is 0 Å². The molecule has 12 heteroatoms. The summed E-state index contributed by atoms with van der Waals surface area (Å²) in [5.74, 6) is -0.647. The van der Waals surface area contributed by atoms with E-state index in [2.05, 4.69) is 0 Å². The van der Waals surface area contributed by atoms with Crippen LogP contribution in [-0.4, -0.2) is 55.2 Å². The molecule has 11 nitrogen and oxygen atoms in total. The van der Waals surface area contributed by atoms with Crippen LogP contribution >= 0.6 is 0 Å². The van der Waals surface area contributed by atoms with Crippen LogP contribution in [0.5, 0.6) is 0 Å². The predicted molar refractivity (Wildman–Crippen MR) is 98.2 cm³/mol. The molecule has 1 saturated heterocycles. The highest BCUT2D eigenvalue weighted by Gasteiger charge is 2.32. The number of carbonyl (C=O) groups is 2. The van der Waals surface area contributed by atoms with Crippen molar-refractivity contribution in [1.29, 1.82) is 0 Å². The molecule has 0 unspecified atom stereocenters. The third kappa shape index (κ3) is 6.54. The molecule has 0 radical (unpaired) electrons. The number of cyclic esters (lactones) is 1. The van der Waals surface area contributed by atoms with Crippen LogP contribution < -0.4 is 0 Å². The fourth-order valence-corrected chi connectivity index (χ4v) is 3.14. The molecule has 0 saturated carbocycles. The largest absolute Gasteiger partial charge is 0.457 e. The summed E-state index contributed by atoms with van der Waals surface area (Å²) in [5, 5.41) is 10.6. The zero-order valence-electron chi connectivity index (χ0n) is 15.9. The van der Waals surface area contributed by atoms with Crippen LogP contribution in [0.4, 0.5) is 10.5 Å². The number of esters is 1. The fourth-order valence-electron chi connectivity index (χ4n) is 2.20. The number of ether oxygens (including phenoxy) is 2. The number of nitrogens with zero attached hydrogens (tertiary/aromatic N) is 2. The van der Waals surface area contributed by atoms with Gasteiger partial charge >= 0.3 is 12.1 Å². The molecule has 1 atom stereocenters. The first-order valence-corrected chi connectivity index (χ1v) is 9.80. The van der Waals surface area contributed by atoms with E-state index < -0.39 is 45.4 Å². The average Bonchev–Trinajstić information content (AvgIpc) is 2.97. The van der Waals surface area contributed by atoms with Gasteiger partial charge in [-0.2, -0.15) is 8.42 Å². The van der Waals surface area contributed by atoms with Crippen molar-refractivity contribution >= 4 is 27.9 Å². The molecule has 0 N–H and O–H groups in total. The molecule has 29 heavy (non-hydrogen) atoms. The summed E-state index contributed by atoms with van der Waals surface area (Å²) >= 11 is 0. The number of non-ortho nitro benzene ring substituents is 1. The average molecular weight is 428 g/mol. The molecule has 1 aliphatic rings. The quantitative estimate of drug-likeness (QED) is 0.209. The van der Waals surface area contributed by atoms with Crippen molar-refractivity contribution in [1.82, 2.24) is 4.90 Å². The molecule has 0 bridgehead atoms. The monoisotopic (exact) mass is 428 g/mol. The van der Waals surface area contributed by atoms with Gasteiger partial charge in [0.15, 0.2) is 0 Å². The third-order valence-electron chi connectivity index (χ3n) is 3.44. The number of benzene rings is 1. The first-order valence-electron chi connectivity index (χ1n) is 8.40. The van der Waals surface area contributed by atoms with Crippen molar-refractivity contribution in [3.8, 4) is 0 Å². The molecule has 1 fully saturated rings. The minimum Gasteiger partial charge on any atom is -0.457 e. The van der Waals surface area contributed by atoms with Gasteiger partial charge < -0.3 is 9.47 Å². The van der Waals surface area contributed by atoms with E-state index in [1.54, 1.807) is 20.8 Å². The maximum atomic E-state index is 12.2. The molecule has 0 spiro atoms. The number of nitro groups is 1. The third-order valence-corrected chi connectivity index (χ3v) is 4.74. The van der Waals surface area contributed by atoms with Crippen LogP contribution in [0.1, 0.15) is 20.8 Å². The van der Waals surface area contributed by atoms with E-state index in [1.165, 1.54) is 6.20 Å². The summed E-state index contributed by atoms with van der Waals surface area (Å²) in [5.41, 5.74) is -0.948. The summed E-state index contributed by atoms with van der Waals surface area (Å²) in [6, 6.07) is 4.16. The lowest BCUT2D eigenvalue weighted by atomic mass is 10.2. The standard InChI is InChI=1S/C17H20N2O9S/c1-17(2,3)28-15(20)8-9-18-10-13(27-16(18)21)11-26-29(24,25)14-6-4-12(5-7-14)19(22)23/h4-9,13H,10-11H2,1-3H3/b9-8+/t13-/m0/s1. The summed E-state index contributed by atoms with van der Waals surface area (Å²) in [6.45, 7) is 4.60. The molecular weight excluding hydrogens is 408 g/mol. The lowest BCUT2D eigenvalue weighted by molar-refractivity contribution is -0.384. The van der Waals surface area contributed by atoms with Crippen LogP contribution in [-0.2, 0) is 28.6 Å². The Hall–Kier alpha value is -2.99. The Kier molecular flexibility index (Phi) is 6.59. The van der Waals surface area contributed by atoms with E-state index in [1.807, 2.05) is 0 Å². The van der Waals surface area contributed by atoms with Crippen LogP contribution in [0.25, 0.3) is 0 Å². The maximum Gasteiger partial charge on any atom is 0.414 e. The summed E-state index contributed by atoms with van der Waals surface area (Å²) in [6.07, 6.45) is 0.578. The molecular formula is C17H20N2O9S. The Morgan fingerprint density at radius 2 is 1.97 bits per heavy atom. The highest BCUT2D eigenvalue weighted by atomic mass is 32.2. The van der Waals surface area contributed by atoms with Gasteiger partial charge in [0.2, 0.25) is 0 Å². The number of carbonyl (C=O) groups excluding carboxylic acids is 2. The number of hydrogen-bond donors (Lipinski definition) is 0. The lowest BCUT2D eigenvalue weighted by Gasteiger charge is -2.18. The van der Waals surface area contributed by atoms with Gasteiger partial charge in [-0.05, 0) is 32.9 Å². The fraction of sp³-hybridized carbons (Fsp3) is 0.412. The van der Waals surface area contributed by atoms with Gasteiger partial charge in [-0.15, -0.1) is 0 Å². The lowest BCUT2D eigenvalue weighted by Crippen LogP contribution is -2.25. The molecule has 0 aromatic heterocycles. The normalized spacial score (nSPS) is 17.4. The second-order valence-electron chi connectivity index (χ2n) is 7.00. The minimum absolute atomic E-state index is 0.0338. The van der Waals surface area contributed by atoms with Crippen LogP contribution in [0, 0.1) is 10.1 Å². The second-order valence-corrected chi connectivity index (χ2v) is 8.61. The molecule has 0 aliphatic carbocycles. The highest BCUT2D eigenvalue weighted by Crippen LogP contribution is 2.19. The molecule has 1 heterocycles. The molecule has 158 valence electrons. The van der Waals surface area contributed by atoms with Gasteiger partial charge in [-0.3, -0.25) is 19.2 Å². The van der Waals surface area contributed by atoms with Crippen LogP contribution in [0.2, 0.25) is 0 Å². The summed E-state index contributed by atoms with van der Waals surface area (Å²) in [7, 11) is -4.20. The Bertz CT molecular complexity index is 917. The van der Waals surface area contributed by atoms with E-state index in [9.17, 15) is 28.1 Å². The van der Waals surface area contributed by atoms with E-state index in [4.69, 9.17) is 13.7 Å². The predicted octanol–water partition coefficient (Wildman–Crippen LogP) is 1.98. The van der Waals surface area contributed by atoms with Crippen molar-refractivity contribution in [2.24, 2.45) is 0 Å². The van der Waals surface area contributed by atoms with Crippen LogP contribution in [0.3, 0.4) is 0 Å². The molecule has 1 aliphatic heterocycles. The molecule has 2 rings (SSSR count). The van der Waals surface area contributed by atoms with E-state index >= 15 is 0 Å². The van der Waals surface area contributed by atoms with E-state index in [-0.39, 0.29) is 17.1 Å². The molecule has 1 amide bonds. The molecule has 1 aromatic rings. The van der Waals surface area contributed by atoms with Crippen molar-refractivity contribution < 1.29 is 36.6 Å². The number of rotatable bonds is 7. The van der Waals surface area contributed by atoms with Crippen LogP contribution in [0.15, 0.2) is 41.4 Å². The van der Waals surface area contributed by atoms with Gasteiger partial charge in [0.05, 0.1) is 16.4 Å². The van der Waals surface area contributed by atoms with Gasteiger partial charge in [0, 0.05) is 24.4 Å². The van der Waals surface area contributed by atoms with Gasteiger partial charge in [-0.25, -0.2) is 9.59 Å². The smallest absolute Gasteiger partial charge is 0.414 e. The maximum absolute atomic E-state index is 12.2. The van der Waals surface area contributed by atoms with Gasteiger partial charge in [0.25, 0.3) is 15.8 Å². The van der Waals surface area contributed by atoms with Gasteiger partial charge in [0.1, 0.15) is 18.3 Å². The first-order chi connectivity index (χ1) is 13.4. The zero-order valence-corrected chi connectivity index (χ0v) is 16.7. The SMILES string of the molecule is CC(C)(C)OC(=O)/C=C/N1C[C@@H](COS(=O)(=O)c2ccc([N+](=O)[O-])cc2)OC1=O. The Morgan fingerprint density at radius 1 is 1.34 bits per heavy atom. The Labute approximate surface area is 167 Å². The Balaban J connectivity index is 1.92. The summed E-state index contributed by atoms with van der Waals surface area (Å²) < 4.78 is 39.3. The minimum atomic E-state index is -4.20. The first kappa shape index (κ1) is 22.3. The Morgan fingerprint density at radius 3 is 2.52 bits per heavy atom. The highest BCUT2D eigenvalue weighted by molar-refractivity contribution is 7.86. The van der Waals surface area contributed by atoms with Crippen molar-refractivity contribution in [2.45, 2.75) is 37.4 Å². The van der Waals surface area contributed by atoms with Gasteiger partial charge in [-0.1, -0.05) is 0 Å². The molecule has 1 aromatic carbocycles. The zero-order chi connectivity index (χ0) is 21.8. The van der Waals surface area contributed by atoms with Crippen molar-refractivity contribution in [3.63, 3.8) is 0 Å². The topological polar surface area (TPSA) is 142 Å². The van der Waals surface area contributed by atoms with Crippen molar-refractivity contribution in [2.75, 3.05) is 13.2 Å². The number of amides is 1. The van der Waals surface area contributed by atoms with E-state index in [0.717, 1.165) is 35.2 Å². The summed E-state index contributed by atoms with van der Waals surface area (Å²) in [4.78, 5) is 34.2. The second kappa shape index (κ2) is 8.57.